The van der Waals surface area contributed by atoms with Gasteiger partial charge in [-0.15, -0.1) is 0 Å². The zero-order chi connectivity index (χ0) is 8.65. The summed E-state index contributed by atoms with van der Waals surface area (Å²) in [5.41, 5.74) is -0.758. The number of carbonyl (C=O) groups excluding carboxylic acids is 1. The van der Waals surface area contributed by atoms with E-state index in [0.717, 1.165) is 0 Å². The molecule has 2 unspecified atom stereocenters. The molecule has 0 radical (unpaired) electrons. The van der Waals surface area contributed by atoms with Crippen LogP contribution in [0.2, 0.25) is 0 Å². The van der Waals surface area contributed by atoms with Crippen molar-refractivity contribution in [3.63, 3.8) is 0 Å². The highest BCUT2D eigenvalue weighted by Crippen LogP contribution is 2.43. The number of nitrogens with one attached hydrogen (secondary N) is 1. The van der Waals surface area contributed by atoms with Gasteiger partial charge in [-0.3, -0.25) is 9.59 Å². The molecule has 2 N–H and O–H groups in total. The number of ketones is 1. The molecule has 1 saturated carbocycles. The summed E-state index contributed by atoms with van der Waals surface area (Å²) < 4.78 is 0. The number of hydrogen-bond acceptors (Lipinski definition) is 3. The minimum Gasteiger partial charge on any atom is -0.481 e. The van der Waals surface area contributed by atoms with Crippen LogP contribution in [0.5, 0.6) is 0 Å². The molecule has 0 aliphatic heterocycles. The van der Waals surface area contributed by atoms with E-state index in [-0.39, 0.29) is 5.78 Å². The highest BCUT2D eigenvalue weighted by molar-refractivity contribution is 5.97. The van der Waals surface area contributed by atoms with Crippen LogP contribution in [-0.4, -0.2) is 29.4 Å². The normalized spacial score (nSPS) is 34.9. The first-order valence-electron chi connectivity index (χ1n) is 3.47. The van der Waals surface area contributed by atoms with Crippen LogP contribution in [0.4, 0.5) is 0 Å². The third kappa shape index (κ3) is 1.03. The molecule has 0 saturated heterocycles. The number of carboxylic acid groups (broad SMARTS) is 1. The molecular formula is C7H11NO3. The maximum Gasteiger partial charge on any atom is 0.308 e. The monoisotopic (exact) mass is 157 g/mol. The van der Waals surface area contributed by atoms with Crippen LogP contribution in [0.25, 0.3) is 0 Å². The first-order valence-corrected chi connectivity index (χ1v) is 3.47. The second-order valence-corrected chi connectivity index (χ2v) is 2.87. The average molecular weight is 157 g/mol. The van der Waals surface area contributed by atoms with E-state index >= 15 is 0 Å². The smallest absolute Gasteiger partial charge is 0.308 e. The van der Waals surface area contributed by atoms with E-state index in [1.54, 1.807) is 7.05 Å². The Kier molecular flexibility index (Phi) is 1.72. The Morgan fingerprint density at radius 2 is 2.18 bits per heavy atom. The summed E-state index contributed by atoms with van der Waals surface area (Å²) in [4.78, 5) is 21.4. The van der Waals surface area contributed by atoms with Crippen molar-refractivity contribution in [3.8, 4) is 0 Å². The fourth-order valence-electron chi connectivity index (χ4n) is 1.40. The molecule has 1 fully saturated rings. The van der Waals surface area contributed by atoms with E-state index in [9.17, 15) is 9.59 Å². The first-order chi connectivity index (χ1) is 5.04. The van der Waals surface area contributed by atoms with E-state index in [0.29, 0.717) is 6.42 Å². The van der Waals surface area contributed by atoms with Crippen LogP contribution >= 0.6 is 0 Å². The molecule has 4 nitrogen and oxygen atoms in total. The zero-order valence-electron chi connectivity index (χ0n) is 6.55. The molecule has 62 valence electrons. The molecule has 1 aliphatic carbocycles. The van der Waals surface area contributed by atoms with Gasteiger partial charge in [-0.25, -0.2) is 0 Å². The number of aliphatic carboxylic acids is 1. The van der Waals surface area contributed by atoms with Crippen molar-refractivity contribution in [3.05, 3.63) is 0 Å². The standard InChI is InChI=1S/C7H11NO3/c1-4(9)7(8-2)3-5(7)6(10)11/h5,8H,3H2,1-2H3,(H,10,11). The number of rotatable bonds is 3. The first kappa shape index (κ1) is 8.20. The maximum atomic E-state index is 10.9. The van der Waals surface area contributed by atoms with Gasteiger partial charge in [0.25, 0.3) is 0 Å². The van der Waals surface area contributed by atoms with E-state index in [4.69, 9.17) is 5.11 Å². The molecule has 0 aromatic rings. The maximum absolute atomic E-state index is 10.9. The van der Waals surface area contributed by atoms with Crippen molar-refractivity contribution in [2.45, 2.75) is 18.9 Å². The Hall–Kier alpha value is -0.900. The fraction of sp³-hybridized carbons (Fsp3) is 0.714. The van der Waals surface area contributed by atoms with Crippen molar-refractivity contribution in [2.24, 2.45) is 5.92 Å². The lowest BCUT2D eigenvalue weighted by Crippen LogP contribution is -2.38. The van der Waals surface area contributed by atoms with Gasteiger partial charge in [0.2, 0.25) is 0 Å². The van der Waals surface area contributed by atoms with Crippen LogP contribution in [-0.2, 0) is 9.59 Å². The largest absolute Gasteiger partial charge is 0.481 e. The van der Waals surface area contributed by atoms with Crippen molar-refractivity contribution in [1.29, 1.82) is 0 Å². The molecule has 1 rings (SSSR count). The number of carboxylic acids is 1. The Labute approximate surface area is 64.6 Å². The topological polar surface area (TPSA) is 66.4 Å². The average Bonchev–Trinajstić information content (AvgIpc) is 2.62. The lowest BCUT2D eigenvalue weighted by molar-refractivity contribution is -0.140. The quantitative estimate of drug-likeness (QED) is 0.587. The minimum absolute atomic E-state index is 0.0904. The number of likely N-dealkylation sites (N-methyl/N-ethyl adjacent to an activating group) is 1. The van der Waals surface area contributed by atoms with Gasteiger partial charge >= 0.3 is 5.97 Å². The SMILES string of the molecule is CNC1(C(C)=O)CC1C(=O)O. The van der Waals surface area contributed by atoms with Crippen molar-refractivity contribution in [2.75, 3.05) is 7.05 Å². The third-order valence-electron chi connectivity index (χ3n) is 2.33. The second kappa shape index (κ2) is 2.30. The summed E-state index contributed by atoms with van der Waals surface area (Å²) in [7, 11) is 1.62. The minimum atomic E-state index is -0.894. The Bertz CT molecular complexity index is 214. The summed E-state index contributed by atoms with van der Waals surface area (Å²) in [6.45, 7) is 1.42. The molecule has 0 heterocycles. The fourth-order valence-corrected chi connectivity index (χ4v) is 1.40. The van der Waals surface area contributed by atoms with E-state index < -0.39 is 17.4 Å². The Balaban J connectivity index is 2.71. The highest BCUT2D eigenvalue weighted by Gasteiger charge is 2.61. The van der Waals surface area contributed by atoms with Gasteiger partial charge in [0, 0.05) is 0 Å². The number of hydrogen-bond donors (Lipinski definition) is 2. The number of carbonyl (C=O) groups is 2. The molecule has 1 aliphatic rings. The molecule has 0 bridgehead atoms. The Morgan fingerprint density at radius 3 is 2.27 bits per heavy atom. The Morgan fingerprint density at radius 1 is 1.64 bits per heavy atom. The molecule has 0 aromatic heterocycles. The lowest BCUT2D eigenvalue weighted by Gasteiger charge is -2.09. The molecule has 0 amide bonds. The molecule has 0 aromatic carbocycles. The van der Waals surface area contributed by atoms with Gasteiger partial charge in [0.05, 0.1) is 11.5 Å². The van der Waals surface area contributed by atoms with Crippen LogP contribution in [0.1, 0.15) is 13.3 Å². The molecular weight excluding hydrogens is 146 g/mol. The van der Waals surface area contributed by atoms with Gasteiger partial charge in [0.15, 0.2) is 5.78 Å². The van der Waals surface area contributed by atoms with Gasteiger partial charge in [-0.2, -0.15) is 0 Å². The number of Topliss-reactive ketones (excluding diaryl/α,β-unsaturated/α-hetero) is 1. The van der Waals surface area contributed by atoms with Crippen LogP contribution in [0, 0.1) is 5.92 Å². The van der Waals surface area contributed by atoms with E-state index in [2.05, 4.69) is 5.32 Å². The van der Waals surface area contributed by atoms with Gasteiger partial charge in [-0.1, -0.05) is 0 Å². The molecule has 11 heavy (non-hydrogen) atoms. The predicted molar refractivity (Wildman–Crippen MR) is 38.2 cm³/mol. The summed E-state index contributed by atoms with van der Waals surface area (Å²) in [6.07, 6.45) is 0.425. The van der Waals surface area contributed by atoms with Crippen molar-refractivity contribution >= 4 is 11.8 Å². The van der Waals surface area contributed by atoms with Crippen molar-refractivity contribution < 1.29 is 14.7 Å². The second-order valence-electron chi connectivity index (χ2n) is 2.87. The molecule has 4 heteroatoms. The zero-order valence-corrected chi connectivity index (χ0v) is 6.55. The highest BCUT2D eigenvalue weighted by atomic mass is 16.4. The van der Waals surface area contributed by atoms with E-state index in [1.807, 2.05) is 0 Å². The summed E-state index contributed by atoms with van der Waals surface area (Å²) in [6, 6.07) is 0. The van der Waals surface area contributed by atoms with Crippen LogP contribution in [0.15, 0.2) is 0 Å². The summed E-state index contributed by atoms with van der Waals surface area (Å²) in [5, 5.41) is 11.3. The summed E-state index contributed by atoms with van der Waals surface area (Å²) in [5.74, 6) is -1.51. The molecule has 2 atom stereocenters. The van der Waals surface area contributed by atoms with Gasteiger partial charge in [0.1, 0.15) is 0 Å². The van der Waals surface area contributed by atoms with E-state index in [1.165, 1.54) is 6.92 Å². The predicted octanol–water partition coefficient (Wildman–Crippen LogP) is -0.362. The van der Waals surface area contributed by atoms with Gasteiger partial charge < -0.3 is 10.4 Å². The van der Waals surface area contributed by atoms with Crippen LogP contribution < -0.4 is 5.32 Å². The molecule has 0 spiro atoms. The van der Waals surface area contributed by atoms with Crippen molar-refractivity contribution in [1.82, 2.24) is 5.32 Å². The summed E-state index contributed by atoms with van der Waals surface area (Å²) >= 11 is 0. The van der Waals surface area contributed by atoms with Crippen LogP contribution in [0.3, 0.4) is 0 Å². The third-order valence-corrected chi connectivity index (χ3v) is 2.33. The van der Waals surface area contributed by atoms with Gasteiger partial charge in [-0.05, 0) is 20.4 Å². The lowest BCUT2D eigenvalue weighted by atomic mass is 10.1.